The summed E-state index contributed by atoms with van der Waals surface area (Å²) in [5.74, 6) is -1.53. The standard InChI is InChI=1S/C6H4ClNO3/c7-3-1-4(6(10)11)5(9)8-2-3/h1-2H,(H,8,9)(H,10,11)/p-1. The molecule has 0 saturated heterocycles. The molecule has 0 aliphatic rings. The van der Waals surface area contributed by atoms with Crippen LogP contribution in [0, 0.1) is 0 Å². The number of aromatic nitrogens is 1. The topological polar surface area (TPSA) is 73.0 Å². The van der Waals surface area contributed by atoms with Crippen molar-refractivity contribution in [1.82, 2.24) is 4.98 Å². The van der Waals surface area contributed by atoms with Gasteiger partial charge in [0.1, 0.15) is 0 Å². The highest BCUT2D eigenvalue weighted by molar-refractivity contribution is 6.30. The number of carbonyl (C=O) groups is 1. The van der Waals surface area contributed by atoms with Crippen molar-refractivity contribution in [2.45, 2.75) is 0 Å². The molecule has 0 atom stereocenters. The molecule has 0 amide bonds. The summed E-state index contributed by atoms with van der Waals surface area (Å²) >= 11 is 5.40. The number of nitrogens with one attached hydrogen (secondary N) is 1. The third-order valence-corrected chi connectivity index (χ3v) is 1.31. The Balaban J connectivity index is 3.35. The molecular formula is C6H3ClNO3-. The number of carbonyl (C=O) groups excluding carboxylic acids is 1. The molecule has 0 aromatic carbocycles. The molecule has 11 heavy (non-hydrogen) atoms. The van der Waals surface area contributed by atoms with E-state index < -0.39 is 17.1 Å². The van der Waals surface area contributed by atoms with Crippen LogP contribution >= 0.6 is 11.6 Å². The summed E-state index contributed by atoms with van der Waals surface area (Å²) in [5.41, 5.74) is -1.17. The van der Waals surface area contributed by atoms with E-state index in [0.29, 0.717) is 0 Å². The van der Waals surface area contributed by atoms with Gasteiger partial charge in [-0.05, 0) is 6.07 Å². The largest absolute Gasteiger partial charge is 0.545 e. The van der Waals surface area contributed by atoms with Crippen LogP contribution in [0.4, 0.5) is 0 Å². The van der Waals surface area contributed by atoms with Crippen molar-refractivity contribution in [3.8, 4) is 0 Å². The lowest BCUT2D eigenvalue weighted by Gasteiger charge is -1.99. The van der Waals surface area contributed by atoms with E-state index in [1.807, 2.05) is 0 Å². The molecule has 0 aliphatic carbocycles. The van der Waals surface area contributed by atoms with Gasteiger partial charge in [0, 0.05) is 6.20 Å². The van der Waals surface area contributed by atoms with Gasteiger partial charge in [0.05, 0.1) is 16.6 Å². The Morgan fingerprint density at radius 2 is 2.27 bits per heavy atom. The van der Waals surface area contributed by atoms with Gasteiger partial charge in [-0.2, -0.15) is 0 Å². The lowest BCUT2D eigenvalue weighted by atomic mass is 10.3. The molecule has 0 fully saturated rings. The Kier molecular flexibility index (Phi) is 1.96. The van der Waals surface area contributed by atoms with E-state index in [4.69, 9.17) is 11.6 Å². The first kappa shape index (κ1) is 7.81. The zero-order valence-corrected chi connectivity index (χ0v) is 6.01. The van der Waals surface area contributed by atoms with Crippen molar-refractivity contribution < 1.29 is 9.90 Å². The highest BCUT2D eigenvalue weighted by Gasteiger charge is 1.99. The first-order valence-electron chi connectivity index (χ1n) is 2.71. The second-order valence-electron chi connectivity index (χ2n) is 1.85. The maximum absolute atomic E-state index is 10.7. The third kappa shape index (κ3) is 1.59. The molecule has 0 bridgehead atoms. The smallest absolute Gasteiger partial charge is 0.257 e. The SMILES string of the molecule is O=C([O-])c1cc(Cl)c[nH]c1=O. The second kappa shape index (κ2) is 2.75. The summed E-state index contributed by atoms with van der Waals surface area (Å²) in [6.07, 6.45) is 1.20. The minimum Gasteiger partial charge on any atom is -0.545 e. The van der Waals surface area contributed by atoms with Crippen molar-refractivity contribution in [3.63, 3.8) is 0 Å². The van der Waals surface area contributed by atoms with Gasteiger partial charge < -0.3 is 14.9 Å². The summed E-state index contributed by atoms with van der Waals surface area (Å²) in [7, 11) is 0. The van der Waals surface area contributed by atoms with E-state index in [2.05, 4.69) is 4.98 Å². The van der Waals surface area contributed by atoms with Gasteiger partial charge >= 0.3 is 0 Å². The minimum absolute atomic E-state index is 0.156. The van der Waals surface area contributed by atoms with Crippen LogP contribution in [-0.4, -0.2) is 11.0 Å². The molecule has 1 rings (SSSR count). The fourth-order valence-electron chi connectivity index (χ4n) is 0.609. The second-order valence-corrected chi connectivity index (χ2v) is 2.28. The average Bonchev–Trinajstić information content (AvgIpc) is 1.94. The number of carboxylic acid groups (broad SMARTS) is 1. The fourth-order valence-corrected chi connectivity index (χ4v) is 0.773. The number of carboxylic acids is 1. The number of halogens is 1. The number of hydrogen-bond donors (Lipinski definition) is 1. The summed E-state index contributed by atoms with van der Waals surface area (Å²) in [5, 5.41) is 10.3. The van der Waals surface area contributed by atoms with Gasteiger partial charge in [0.2, 0.25) is 0 Å². The van der Waals surface area contributed by atoms with Crippen molar-refractivity contribution >= 4 is 17.6 Å². The minimum atomic E-state index is -1.53. The molecule has 4 nitrogen and oxygen atoms in total. The van der Waals surface area contributed by atoms with Gasteiger partial charge in [-0.25, -0.2) is 0 Å². The highest BCUT2D eigenvalue weighted by atomic mass is 35.5. The predicted octanol–water partition coefficient (Wildman–Crippen LogP) is -0.608. The molecular weight excluding hydrogens is 170 g/mol. The van der Waals surface area contributed by atoms with E-state index in [-0.39, 0.29) is 5.02 Å². The van der Waals surface area contributed by atoms with Crippen LogP contribution in [-0.2, 0) is 0 Å². The van der Waals surface area contributed by atoms with Crippen LogP contribution in [0.25, 0.3) is 0 Å². The monoisotopic (exact) mass is 172 g/mol. The molecule has 0 radical (unpaired) electrons. The molecule has 1 heterocycles. The Morgan fingerprint density at radius 1 is 1.64 bits per heavy atom. The molecule has 0 unspecified atom stereocenters. The maximum Gasteiger partial charge on any atom is 0.257 e. The molecule has 58 valence electrons. The van der Waals surface area contributed by atoms with Crippen LogP contribution < -0.4 is 10.7 Å². The molecule has 1 aromatic rings. The van der Waals surface area contributed by atoms with Crippen LogP contribution in [0.2, 0.25) is 5.02 Å². The molecule has 5 heteroatoms. The normalized spacial score (nSPS) is 9.55. The Labute approximate surface area is 66.4 Å². The summed E-state index contributed by atoms with van der Waals surface area (Å²) in [4.78, 5) is 23.0. The van der Waals surface area contributed by atoms with Crippen molar-refractivity contribution in [2.24, 2.45) is 0 Å². The van der Waals surface area contributed by atoms with E-state index in [1.54, 1.807) is 0 Å². The molecule has 1 aromatic heterocycles. The van der Waals surface area contributed by atoms with E-state index in [0.717, 1.165) is 6.07 Å². The van der Waals surface area contributed by atoms with Gasteiger partial charge in [0.15, 0.2) is 0 Å². The van der Waals surface area contributed by atoms with Crippen LogP contribution in [0.1, 0.15) is 10.4 Å². The number of H-pyrrole nitrogens is 1. The Bertz CT molecular complexity index is 344. The first-order valence-corrected chi connectivity index (χ1v) is 3.08. The zero-order valence-electron chi connectivity index (χ0n) is 5.26. The quantitative estimate of drug-likeness (QED) is 0.614. The summed E-state index contributed by atoms with van der Waals surface area (Å²) in [6, 6.07) is 1.04. The lowest BCUT2D eigenvalue weighted by molar-refractivity contribution is -0.255. The molecule has 1 N–H and O–H groups in total. The van der Waals surface area contributed by atoms with Gasteiger partial charge in [-0.1, -0.05) is 11.6 Å². The molecule has 0 spiro atoms. The third-order valence-electron chi connectivity index (χ3n) is 1.09. The van der Waals surface area contributed by atoms with Gasteiger partial charge in [-0.3, -0.25) is 4.79 Å². The highest BCUT2D eigenvalue weighted by Crippen LogP contribution is 2.03. The van der Waals surface area contributed by atoms with E-state index in [9.17, 15) is 14.7 Å². The number of hydrogen-bond acceptors (Lipinski definition) is 3. The van der Waals surface area contributed by atoms with Crippen LogP contribution in [0.5, 0.6) is 0 Å². The van der Waals surface area contributed by atoms with Crippen molar-refractivity contribution in [1.29, 1.82) is 0 Å². The molecule has 0 aliphatic heterocycles. The number of aromatic amines is 1. The number of rotatable bonds is 1. The zero-order chi connectivity index (χ0) is 8.43. The van der Waals surface area contributed by atoms with Gasteiger partial charge in [-0.15, -0.1) is 0 Å². The van der Waals surface area contributed by atoms with Crippen LogP contribution in [0.3, 0.4) is 0 Å². The fraction of sp³-hybridized carbons (Fsp3) is 0. The van der Waals surface area contributed by atoms with Crippen molar-refractivity contribution in [2.75, 3.05) is 0 Å². The molecule has 0 saturated carbocycles. The number of aromatic carboxylic acids is 1. The average molecular weight is 173 g/mol. The van der Waals surface area contributed by atoms with Crippen molar-refractivity contribution in [3.05, 3.63) is 33.2 Å². The van der Waals surface area contributed by atoms with E-state index in [1.165, 1.54) is 6.20 Å². The van der Waals surface area contributed by atoms with E-state index >= 15 is 0 Å². The number of pyridine rings is 1. The van der Waals surface area contributed by atoms with Gasteiger partial charge in [0.25, 0.3) is 5.56 Å². The Morgan fingerprint density at radius 3 is 2.73 bits per heavy atom. The maximum atomic E-state index is 10.7. The first-order chi connectivity index (χ1) is 5.11. The summed E-state index contributed by atoms with van der Waals surface area (Å²) < 4.78 is 0. The Hall–Kier alpha value is -1.29. The summed E-state index contributed by atoms with van der Waals surface area (Å²) in [6.45, 7) is 0. The predicted molar refractivity (Wildman–Crippen MR) is 36.4 cm³/mol. The van der Waals surface area contributed by atoms with Crippen LogP contribution in [0.15, 0.2) is 17.1 Å². The lowest BCUT2D eigenvalue weighted by Crippen LogP contribution is -2.29.